The summed E-state index contributed by atoms with van der Waals surface area (Å²) in [5.74, 6) is 0.331. The first-order valence-corrected chi connectivity index (χ1v) is 6.75. The first kappa shape index (κ1) is 15.6. The Balaban J connectivity index is 1.91. The molecule has 0 saturated heterocycles. The second-order valence-electron chi connectivity index (χ2n) is 4.30. The molecule has 7 heteroatoms. The summed E-state index contributed by atoms with van der Waals surface area (Å²) in [6.45, 7) is 0. The number of benzene rings is 2. The molecule has 6 nitrogen and oxygen atoms in total. The maximum Gasteiger partial charge on any atom is 0.191 e. The Hall–Kier alpha value is -2.80. The number of thiocarbonyl (C=S) groups is 1. The van der Waals surface area contributed by atoms with Crippen molar-refractivity contribution in [3.05, 3.63) is 48.0 Å². The van der Waals surface area contributed by atoms with Gasteiger partial charge in [-0.1, -0.05) is 6.07 Å². The Bertz CT molecular complexity index is 704. The van der Waals surface area contributed by atoms with Crippen molar-refractivity contribution < 1.29 is 14.9 Å². The van der Waals surface area contributed by atoms with Gasteiger partial charge in [0.15, 0.2) is 16.6 Å². The molecule has 0 bridgehead atoms. The van der Waals surface area contributed by atoms with Gasteiger partial charge in [0.1, 0.15) is 5.75 Å². The fraction of sp³-hybridized carbons (Fsp3) is 0.0667. The average molecular weight is 317 g/mol. The summed E-state index contributed by atoms with van der Waals surface area (Å²) in [7, 11) is 1.59. The summed E-state index contributed by atoms with van der Waals surface area (Å²) < 4.78 is 5.12. The van der Waals surface area contributed by atoms with Crippen molar-refractivity contribution >= 4 is 29.2 Å². The molecule has 4 N–H and O–H groups in total. The molecule has 2 aromatic rings. The predicted octanol–water partition coefficient (Wildman–Crippen LogP) is 2.43. The van der Waals surface area contributed by atoms with Gasteiger partial charge in [0, 0.05) is 11.8 Å². The molecule has 0 radical (unpaired) electrons. The molecule has 0 spiro atoms. The molecule has 0 atom stereocenters. The molecule has 0 saturated carbocycles. The van der Waals surface area contributed by atoms with Gasteiger partial charge in [0.05, 0.1) is 13.3 Å². The van der Waals surface area contributed by atoms with Crippen molar-refractivity contribution in [2.24, 2.45) is 5.10 Å². The van der Waals surface area contributed by atoms with Gasteiger partial charge < -0.3 is 20.3 Å². The Morgan fingerprint density at radius 2 is 2.00 bits per heavy atom. The largest absolute Gasteiger partial charge is 0.504 e. The summed E-state index contributed by atoms with van der Waals surface area (Å²) in [4.78, 5) is 0. The molecule has 0 heterocycles. The normalized spacial score (nSPS) is 10.4. The Kier molecular flexibility index (Phi) is 5.16. The summed E-state index contributed by atoms with van der Waals surface area (Å²) in [5, 5.41) is 25.8. The lowest BCUT2D eigenvalue weighted by molar-refractivity contribution is 0.403. The van der Waals surface area contributed by atoms with E-state index in [4.69, 9.17) is 17.0 Å². The second kappa shape index (κ2) is 7.28. The smallest absolute Gasteiger partial charge is 0.191 e. The van der Waals surface area contributed by atoms with Crippen molar-refractivity contribution in [1.82, 2.24) is 5.43 Å². The fourth-order valence-corrected chi connectivity index (χ4v) is 1.82. The average Bonchev–Trinajstić information content (AvgIpc) is 2.51. The summed E-state index contributed by atoms with van der Waals surface area (Å²) >= 11 is 5.11. The number of anilines is 1. The number of hydrogen-bond acceptors (Lipinski definition) is 5. The second-order valence-corrected chi connectivity index (χ2v) is 4.71. The summed E-state index contributed by atoms with van der Waals surface area (Å²) in [5.41, 5.74) is 4.05. The van der Waals surface area contributed by atoms with E-state index in [1.807, 2.05) is 18.2 Å². The SMILES string of the molecule is COc1cccc(NC(=S)N/N=C/c2ccc(O)c(O)c2)c1. The van der Waals surface area contributed by atoms with E-state index in [1.165, 1.54) is 18.3 Å². The molecule has 0 aliphatic rings. The maximum absolute atomic E-state index is 9.37. The van der Waals surface area contributed by atoms with Crippen LogP contribution in [0.1, 0.15) is 5.56 Å². The number of phenolic OH excluding ortho intramolecular Hbond substituents is 2. The zero-order valence-corrected chi connectivity index (χ0v) is 12.6. The number of hydrazone groups is 1. The van der Waals surface area contributed by atoms with Crippen LogP contribution in [0.25, 0.3) is 0 Å². The number of methoxy groups -OCH3 is 1. The quantitative estimate of drug-likeness (QED) is 0.300. The van der Waals surface area contributed by atoms with E-state index < -0.39 is 0 Å². The molecule has 0 aliphatic heterocycles. The van der Waals surface area contributed by atoms with Crippen molar-refractivity contribution in [2.45, 2.75) is 0 Å². The van der Waals surface area contributed by atoms with Crippen LogP contribution in [0, 0.1) is 0 Å². The van der Waals surface area contributed by atoms with Gasteiger partial charge >= 0.3 is 0 Å². The highest BCUT2D eigenvalue weighted by molar-refractivity contribution is 7.80. The van der Waals surface area contributed by atoms with Crippen LogP contribution in [0.3, 0.4) is 0 Å². The predicted molar refractivity (Wildman–Crippen MR) is 89.7 cm³/mol. The highest BCUT2D eigenvalue weighted by atomic mass is 32.1. The summed E-state index contributed by atoms with van der Waals surface area (Å²) in [6.07, 6.45) is 1.47. The third-order valence-electron chi connectivity index (χ3n) is 2.71. The molecule has 2 rings (SSSR count). The van der Waals surface area contributed by atoms with Gasteiger partial charge in [-0.05, 0) is 48.1 Å². The Morgan fingerprint density at radius 1 is 1.18 bits per heavy atom. The zero-order chi connectivity index (χ0) is 15.9. The van der Waals surface area contributed by atoms with E-state index in [0.717, 1.165) is 11.4 Å². The van der Waals surface area contributed by atoms with Crippen LogP contribution >= 0.6 is 12.2 Å². The minimum atomic E-state index is -0.207. The van der Waals surface area contributed by atoms with E-state index in [2.05, 4.69) is 15.8 Å². The van der Waals surface area contributed by atoms with E-state index in [9.17, 15) is 10.2 Å². The fourth-order valence-electron chi connectivity index (χ4n) is 1.65. The molecule has 0 aromatic heterocycles. The van der Waals surface area contributed by atoms with Crippen LogP contribution < -0.4 is 15.5 Å². The van der Waals surface area contributed by atoms with Gasteiger partial charge in [0.25, 0.3) is 0 Å². The first-order chi connectivity index (χ1) is 10.6. The van der Waals surface area contributed by atoms with Crippen molar-refractivity contribution in [2.75, 3.05) is 12.4 Å². The monoisotopic (exact) mass is 317 g/mol. The lowest BCUT2D eigenvalue weighted by atomic mass is 10.2. The number of rotatable bonds is 4. The molecule has 0 unspecified atom stereocenters. The number of nitrogens with one attached hydrogen (secondary N) is 2. The van der Waals surface area contributed by atoms with Crippen molar-refractivity contribution in [1.29, 1.82) is 0 Å². The van der Waals surface area contributed by atoms with Gasteiger partial charge in [-0.25, -0.2) is 0 Å². The lowest BCUT2D eigenvalue weighted by Gasteiger charge is -2.08. The van der Waals surface area contributed by atoms with Crippen molar-refractivity contribution in [3.8, 4) is 17.2 Å². The van der Waals surface area contributed by atoms with Gasteiger partial charge in [0.2, 0.25) is 0 Å². The van der Waals surface area contributed by atoms with Crippen LogP contribution in [-0.4, -0.2) is 28.6 Å². The van der Waals surface area contributed by atoms with Gasteiger partial charge in [-0.15, -0.1) is 0 Å². The third-order valence-corrected chi connectivity index (χ3v) is 2.90. The number of phenols is 2. The number of nitrogens with zero attached hydrogens (tertiary/aromatic N) is 1. The Labute approximate surface area is 133 Å². The molecular weight excluding hydrogens is 302 g/mol. The molecule has 0 amide bonds. The van der Waals surface area contributed by atoms with Gasteiger partial charge in [-0.2, -0.15) is 5.10 Å². The van der Waals surface area contributed by atoms with E-state index in [1.54, 1.807) is 19.2 Å². The third kappa shape index (κ3) is 4.35. The lowest BCUT2D eigenvalue weighted by Crippen LogP contribution is -2.23. The molecule has 2 aromatic carbocycles. The molecular formula is C15H15N3O3S. The number of aromatic hydroxyl groups is 2. The van der Waals surface area contributed by atoms with Gasteiger partial charge in [-0.3, -0.25) is 5.43 Å². The van der Waals surface area contributed by atoms with E-state index >= 15 is 0 Å². The minimum Gasteiger partial charge on any atom is -0.504 e. The molecule has 114 valence electrons. The summed E-state index contributed by atoms with van der Waals surface area (Å²) in [6, 6.07) is 11.7. The number of hydrogen-bond donors (Lipinski definition) is 4. The maximum atomic E-state index is 9.37. The standard InChI is InChI=1S/C15H15N3O3S/c1-21-12-4-2-3-11(8-12)17-15(22)18-16-9-10-5-6-13(19)14(20)7-10/h2-9,19-20H,1H3,(H2,17,18,22)/b16-9+. The van der Waals surface area contributed by atoms with E-state index in [0.29, 0.717) is 10.7 Å². The molecule has 0 aliphatic carbocycles. The van der Waals surface area contributed by atoms with E-state index in [-0.39, 0.29) is 11.5 Å². The topological polar surface area (TPSA) is 86.1 Å². The first-order valence-electron chi connectivity index (χ1n) is 6.34. The van der Waals surface area contributed by atoms with Crippen LogP contribution in [0.5, 0.6) is 17.2 Å². The Morgan fingerprint density at radius 3 is 2.73 bits per heavy atom. The minimum absolute atomic E-state index is 0.180. The highest BCUT2D eigenvalue weighted by Crippen LogP contribution is 2.23. The van der Waals surface area contributed by atoms with Crippen LogP contribution in [0.15, 0.2) is 47.6 Å². The van der Waals surface area contributed by atoms with Crippen LogP contribution in [0.4, 0.5) is 5.69 Å². The number of ether oxygens (including phenoxy) is 1. The molecule has 0 fully saturated rings. The van der Waals surface area contributed by atoms with Crippen LogP contribution in [-0.2, 0) is 0 Å². The van der Waals surface area contributed by atoms with Crippen molar-refractivity contribution in [3.63, 3.8) is 0 Å². The zero-order valence-electron chi connectivity index (χ0n) is 11.8. The molecule has 22 heavy (non-hydrogen) atoms. The van der Waals surface area contributed by atoms with Crippen LogP contribution in [0.2, 0.25) is 0 Å². The highest BCUT2D eigenvalue weighted by Gasteiger charge is 2.00.